The third-order valence-electron chi connectivity index (χ3n) is 5.46. The highest BCUT2D eigenvalue weighted by Gasteiger charge is 2.35. The lowest BCUT2D eigenvalue weighted by molar-refractivity contribution is -0.970. The van der Waals surface area contributed by atoms with Gasteiger partial charge in [-0.3, -0.25) is 10.1 Å². The van der Waals surface area contributed by atoms with Gasteiger partial charge in [-0.15, -0.1) is 0 Å². The molecule has 2 saturated heterocycles. The number of nitrogens with one attached hydrogen (secondary N) is 2. The highest BCUT2D eigenvalue weighted by molar-refractivity contribution is 5.39. The molecule has 6 heteroatoms. The van der Waals surface area contributed by atoms with Gasteiger partial charge in [-0.25, -0.2) is 0 Å². The highest BCUT2D eigenvalue weighted by atomic mass is 16.6. The molecule has 0 radical (unpaired) electrons. The first-order valence-electron chi connectivity index (χ1n) is 9.09. The minimum atomic E-state index is -0.262. The lowest BCUT2D eigenvalue weighted by atomic mass is 10.0. The van der Waals surface area contributed by atoms with Crippen molar-refractivity contribution in [2.45, 2.75) is 51.5 Å². The minimum Gasteiger partial charge on any atom is -0.364 e. The van der Waals surface area contributed by atoms with Crippen LogP contribution in [-0.2, 0) is 11.3 Å². The molecular weight excluding hydrogens is 306 g/mol. The molecule has 0 bridgehead atoms. The average Bonchev–Trinajstić information content (AvgIpc) is 2.55. The number of piperidine rings is 1. The topological polar surface area (TPSA) is 61.2 Å². The monoisotopic (exact) mass is 335 g/mol. The zero-order valence-electron chi connectivity index (χ0n) is 14.7. The molecule has 0 spiro atoms. The molecule has 2 aliphatic heterocycles. The minimum absolute atomic E-state index is 0.258. The Hall–Kier alpha value is -1.50. The molecule has 2 unspecified atom stereocenters. The number of hydrogen-bond acceptors (Lipinski definition) is 3. The summed E-state index contributed by atoms with van der Waals surface area (Å²) in [6, 6.07) is 7.87. The van der Waals surface area contributed by atoms with Crippen molar-refractivity contribution in [1.82, 2.24) is 0 Å². The summed E-state index contributed by atoms with van der Waals surface area (Å²) in [6.07, 6.45) is 3.09. The second kappa shape index (κ2) is 7.59. The fourth-order valence-electron chi connectivity index (χ4n) is 4.37. The van der Waals surface area contributed by atoms with Gasteiger partial charge in [0.15, 0.2) is 0 Å². The first-order valence-corrected chi connectivity index (χ1v) is 9.09. The van der Waals surface area contributed by atoms with E-state index in [1.165, 1.54) is 17.7 Å². The van der Waals surface area contributed by atoms with Crippen molar-refractivity contribution >= 4 is 5.69 Å². The van der Waals surface area contributed by atoms with Gasteiger partial charge in [0.25, 0.3) is 5.69 Å². The summed E-state index contributed by atoms with van der Waals surface area (Å²) in [5.41, 5.74) is 1.12. The van der Waals surface area contributed by atoms with Gasteiger partial charge in [-0.1, -0.05) is 12.1 Å². The van der Waals surface area contributed by atoms with Crippen LogP contribution in [-0.4, -0.2) is 49.4 Å². The Balaban J connectivity index is 1.55. The van der Waals surface area contributed by atoms with Crippen molar-refractivity contribution in [3.8, 4) is 0 Å². The smallest absolute Gasteiger partial charge is 0.278 e. The number of nitro groups is 1. The quantitative estimate of drug-likeness (QED) is 0.593. The summed E-state index contributed by atoms with van der Waals surface area (Å²) >= 11 is 0. The van der Waals surface area contributed by atoms with Gasteiger partial charge in [-0.05, 0) is 19.9 Å². The number of quaternary nitrogens is 2. The van der Waals surface area contributed by atoms with Crippen molar-refractivity contribution in [2.75, 3.05) is 26.2 Å². The molecule has 132 valence electrons. The van der Waals surface area contributed by atoms with E-state index in [0.717, 1.165) is 38.3 Å². The fourth-order valence-corrected chi connectivity index (χ4v) is 4.37. The summed E-state index contributed by atoms with van der Waals surface area (Å²) in [7, 11) is 0. The molecule has 2 fully saturated rings. The van der Waals surface area contributed by atoms with E-state index in [2.05, 4.69) is 13.8 Å². The van der Waals surface area contributed by atoms with Crippen molar-refractivity contribution in [3.63, 3.8) is 0 Å². The van der Waals surface area contributed by atoms with E-state index in [4.69, 9.17) is 4.74 Å². The van der Waals surface area contributed by atoms with Gasteiger partial charge in [0.05, 0.1) is 29.6 Å². The molecule has 2 atom stereocenters. The molecule has 0 aliphatic carbocycles. The van der Waals surface area contributed by atoms with E-state index in [0.29, 0.717) is 18.2 Å². The standard InChI is InChI=1S/C18H27N3O3/c1-14-11-20(12-15(2)24-14)17-7-9-19(10-8-17)13-16-5-3-4-6-18(16)21(22)23/h3-6,14-15,17H,7-13H2,1-2H3/p+2. The van der Waals surface area contributed by atoms with Gasteiger partial charge < -0.3 is 14.5 Å². The lowest BCUT2D eigenvalue weighted by Gasteiger charge is -2.39. The molecule has 0 aromatic heterocycles. The summed E-state index contributed by atoms with van der Waals surface area (Å²) in [6.45, 7) is 9.51. The average molecular weight is 335 g/mol. The molecule has 6 nitrogen and oxygen atoms in total. The summed E-state index contributed by atoms with van der Waals surface area (Å²) in [5.74, 6) is 0. The van der Waals surface area contributed by atoms with Crippen LogP contribution in [0.15, 0.2) is 24.3 Å². The van der Waals surface area contributed by atoms with Crippen molar-refractivity contribution in [3.05, 3.63) is 39.9 Å². The molecule has 1 aromatic rings. The van der Waals surface area contributed by atoms with Gasteiger partial charge in [0.2, 0.25) is 0 Å². The molecule has 0 amide bonds. The van der Waals surface area contributed by atoms with E-state index >= 15 is 0 Å². The van der Waals surface area contributed by atoms with Crippen LogP contribution in [0.1, 0.15) is 32.3 Å². The second-order valence-electron chi connectivity index (χ2n) is 7.41. The molecule has 3 rings (SSSR count). The summed E-state index contributed by atoms with van der Waals surface area (Å²) in [4.78, 5) is 14.1. The van der Waals surface area contributed by atoms with Crippen molar-refractivity contribution < 1.29 is 19.5 Å². The Labute approximate surface area is 143 Å². The molecule has 24 heavy (non-hydrogen) atoms. The number of morpholine rings is 1. The molecule has 1 aromatic carbocycles. The van der Waals surface area contributed by atoms with Crippen LogP contribution in [0.5, 0.6) is 0 Å². The number of benzene rings is 1. The molecular formula is C18H29N3O3+2. The Bertz CT molecular complexity index is 562. The maximum absolute atomic E-state index is 11.2. The number of ether oxygens (including phenoxy) is 1. The maximum Gasteiger partial charge on any atom is 0.278 e. The summed E-state index contributed by atoms with van der Waals surface area (Å²) < 4.78 is 5.85. The van der Waals surface area contributed by atoms with Gasteiger partial charge in [-0.2, -0.15) is 0 Å². The van der Waals surface area contributed by atoms with Crippen LogP contribution in [0, 0.1) is 10.1 Å². The zero-order chi connectivity index (χ0) is 17.1. The Morgan fingerprint density at radius 1 is 1.17 bits per heavy atom. The van der Waals surface area contributed by atoms with E-state index in [1.807, 2.05) is 12.1 Å². The number of rotatable bonds is 4. The Morgan fingerprint density at radius 3 is 2.42 bits per heavy atom. The number of nitrogens with zero attached hydrogens (tertiary/aromatic N) is 1. The predicted molar refractivity (Wildman–Crippen MR) is 91.2 cm³/mol. The Kier molecular flexibility index (Phi) is 5.48. The molecule has 0 saturated carbocycles. The number of hydrogen-bond donors (Lipinski definition) is 2. The van der Waals surface area contributed by atoms with Crippen LogP contribution in [0.3, 0.4) is 0 Å². The molecule has 2 heterocycles. The van der Waals surface area contributed by atoms with Crippen LogP contribution in [0.2, 0.25) is 0 Å². The number of para-hydroxylation sites is 1. The third kappa shape index (κ3) is 4.12. The van der Waals surface area contributed by atoms with Crippen LogP contribution < -0.4 is 9.80 Å². The largest absolute Gasteiger partial charge is 0.364 e. The normalized spacial score (nSPS) is 34.0. The van der Waals surface area contributed by atoms with E-state index in [1.54, 1.807) is 17.0 Å². The van der Waals surface area contributed by atoms with Crippen molar-refractivity contribution in [1.29, 1.82) is 0 Å². The van der Waals surface area contributed by atoms with Gasteiger partial charge >= 0.3 is 0 Å². The van der Waals surface area contributed by atoms with Crippen LogP contribution in [0.25, 0.3) is 0 Å². The van der Waals surface area contributed by atoms with E-state index in [-0.39, 0.29) is 10.6 Å². The Morgan fingerprint density at radius 2 is 1.79 bits per heavy atom. The predicted octanol–water partition coefficient (Wildman–Crippen LogP) is -0.166. The zero-order valence-corrected chi connectivity index (χ0v) is 14.7. The number of likely N-dealkylation sites (tertiary alicyclic amines) is 1. The van der Waals surface area contributed by atoms with Crippen LogP contribution >= 0.6 is 0 Å². The molecule has 2 aliphatic rings. The first-order chi connectivity index (χ1) is 11.5. The van der Waals surface area contributed by atoms with E-state index < -0.39 is 0 Å². The third-order valence-corrected chi connectivity index (χ3v) is 5.46. The molecule has 2 N–H and O–H groups in total. The van der Waals surface area contributed by atoms with E-state index in [9.17, 15) is 10.1 Å². The second-order valence-corrected chi connectivity index (χ2v) is 7.41. The maximum atomic E-state index is 11.2. The highest BCUT2D eigenvalue weighted by Crippen LogP contribution is 2.16. The first kappa shape index (κ1) is 17.3. The van der Waals surface area contributed by atoms with Gasteiger partial charge in [0, 0.05) is 18.9 Å². The SMILES string of the molecule is CC1C[NH+](C2CC[NH+](Cc3ccccc3[N+](=O)[O-])CC2)CC(C)O1. The van der Waals surface area contributed by atoms with Crippen molar-refractivity contribution in [2.24, 2.45) is 0 Å². The van der Waals surface area contributed by atoms with Gasteiger partial charge in [0.1, 0.15) is 31.8 Å². The summed E-state index contributed by atoms with van der Waals surface area (Å²) in [5, 5.41) is 11.2. The number of nitro benzene ring substituents is 1. The van der Waals surface area contributed by atoms with Crippen LogP contribution in [0.4, 0.5) is 5.69 Å². The lowest BCUT2D eigenvalue weighted by Crippen LogP contribution is -3.22. The fraction of sp³-hybridized carbons (Fsp3) is 0.667.